The minimum Gasteiger partial charge on any atom is -0.481 e. The van der Waals surface area contributed by atoms with E-state index in [2.05, 4.69) is 55.2 Å². The van der Waals surface area contributed by atoms with Gasteiger partial charge in [-0.3, -0.25) is 4.79 Å². The summed E-state index contributed by atoms with van der Waals surface area (Å²) in [5.41, 5.74) is 4.19. The molecule has 1 saturated carbocycles. The van der Waals surface area contributed by atoms with Gasteiger partial charge in [-0.1, -0.05) is 63.4 Å². The predicted octanol–water partition coefficient (Wildman–Crippen LogP) is 5.08. The highest BCUT2D eigenvalue weighted by Gasteiger charge is 2.27. The maximum atomic E-state index is 10.9. The van der Waals surface area contributed by atoms with Gasteiger partial charge in [0.2, 0.25) is 0 Å². The number of carboxylic acids is 1. The van der Waals surface area contributed by atoms with Crippen LogP contribution in [0, 0.1) is 5.92 Å². The van der Waals surface area contributed by atoms with E-state index in [1.807, 2.05) is 6.92 Å². The molecule has 126 valence electrons. The molecule has 0 spiro atoms. The van der Waals surface area contributed by atoms with Crippen molar-refractivity contribution in [1.82, 2.24) is 0 Å². The van der Waals surface area contributed by atoms with E-state index in [0.717, 1.165) is 12.1 Å². The number of carboxylic acid groups (broad SMARTS) is 1. The molecule has 24 heavy (non-hydrogen) atoms. The summed E-state index contributed by atoms with van der Waals surface area (Å²) in [4.78, 5) is 10.9. The lowest BCUT2D eigenvalue weighted by Crippen LogP contribution is -2.13. The summed E-state index contributed by atoms with van der Waals surface area (Å²) in [6.07, 6.45) is 3.82. The van der Waals surface area contributed by atoms with Gasteiger partial charge in [0.25, 0.3) is 0 Å². The lowest BCUT2D eigenvalue weighted by atomic mass is 9.97. The van der Waals surface area contributed by atoms with Crippen molar-refractivity contribution in [3.05, 3.63) is 54.1 Å². The number of rotatable bonds is 7. The molecule has 0 heterocycles. The molecule has 1 aliphatic rings. The van der Waals surface area contributed by atoms with Crippen molar-refractivity contribution in [3.63, 3.8) is 0 Å². The van der Waals surface area contributed by atoms with E-state index in [4.69, 9.17) is 5.11 Å². The third-order valence-corrected chi connectivity index (χ3v) is 7.08. The molecule has 0 bridgehead atoms. The van der Waals surface area contributed by atoms with Crippen LogP contribution in [0.1, 0.15) is 37.7 Å². The van der Waals surface area contributed by atoms with E-state index in [0.29, 0.717) is 0 Å². The Morgan fingerprint density at radius 3 is 2.42 bits per heavy atom. The van der Waals surface area contributed by atoms with Crippen LogP contribution in [0.3, 0.4) is 0 Å². The Morgan fingerprint density at radius 2 is 1.75 bits per heavy atom. The monoisotopic (exact) mass is 340 g/mol. The molecule has 2 unspecified atom stereocenters. The lowest BCUT2D eigenvalue weighted by Gasteiger charge is -2.21. The normalized spacial score (nSPS) is 16.6. The first kappa shape index (κ1) is 17.2. The quantitative estimate of drug-likeness (QED) is 0.714. The first-order valence-corrected chi connectivity index (χ1v) is 10.6. The zero-order valence-corrected chi connectivity index (χ0v) is 15.3. The van der Waals surface area contributed by atoms with Crippen molar-refractivity contribution in [1.29, 1.82) is 0 Å². The highest BCUT2D eigenvalue weighted by molar-refractivity contribution is 7.65. The highest BCUT2D eigenvalue weighted by Crippen LogP contribution is 2.45. The van der Waals surface area contributed by atoms with E-state index in [9.17, 15) is 4.79 Å². The van der Waals surface area contributed by atoms with Gasteiger partial charge in [0.1, 0.15) is 0 Å². The number of hydrogen-bond acceptors (Lipinski definition) is 1. The molecule has 0 saturated heterocycles. The van der Waals surface area contributed by atoms with Crippen molar-refractivity contribution in [2.45, 2.75) is 32.1 Å². The van der Waals surface area contributed by atoms with Crippen LogP contribution in [0.4, 0.5) is 0 Å². The number of aliphatic carboxylic acids is 1. The molecule has 2 atom stereocenters. The molecule has 1 aliphatic carbocycles. The predicted molar refractivity (Wildman–Crippen MR) is 103 cm³/mol. The first-order valence-electron chi connectivity index (χ1n) is 8.67. The van der Waals surface area contributed by atoms with Crippen LogP contribution in [0.25, 0.3) is 11.1 Å². The fraction of sp³-hybridized carbons (Fsp3) is 0.381. The van der Waals surface area contributed by atoms with Crippen LogP contribution in [0.5, 0.6) is 0 Å². The first-order chi connectivity index (χ1) is 11.6. The molecule has 1 fully saturated rings. The van der Waals surface area contributed by atoms with Gasteiger partial charge in [0, 0.05) is 6.42 Å². The summed E-state index contributed by atoms with van der Waals surface area (Å²) in [6, 6.07) is 17.5. The Morgan fingerprint density at radius 1 is 1.12 bits per heavy atom. The molecule has 2 aromatic carbocycles. The molecule has 3 heteroatoms. The molecule has 0 aromatic heterocycles. The van der Waals surface area contributed by atoms with Crippen LogP contribution in [0.2, 0.25) is 0 Å². The second-order valence-electron chi connectivity index (χ2n) is 6.96. The van der Waals surface area contributed by atoms with Gasteiger partial charge in [-0.15, -0.1) is 0 Å². The van der Waals surface area contributed by atoms with Crippen LogP contribution >= 0.6 is 7.92 Å². The molecule has 0 amide bonds. The zero-order valence-electron chi connectivity index (χ0n) is 14.4. The van der Waals surface area contributed by atoms with Crippen LogP contribution in [-0.4, -0.2) is 23.9 Å². The number of benzene rings is 2. The van der Waals surface area contributed by atoms with Crippen molar-refractivity contribution in [2.24, 2.45) is 5.92 Å². The molecule has 3 rings (SSSR count). The molecule has 0 aliphatic heterocycles. The minimum atomic E-state index is -0.696. The average molecular weight is 340 g/mol. The summed E-state index contributed by atoms with van der Waals surface area (Å²) in [6.45, 7) is 4.33. The van der Waals surface area contributed by atoms with E-state index in [1.54, 1.807) is 0 Å². The third kappa shape index (κ3) is 4.05. The minimum absolute atomic E-state index is 0.213. The van der Waals surface area contributed by atoms with Crippen molar-refractivity contribution in [3.8, 4) is 11.1 Å². The molecular weight excluding hydrogens is 315 g/mol. The van der Waals surface area contributed by atoms with Crippen molar-refractivity contribution in [2.75, 3.05) is 12.8 Å². The van der Waals surface area contributed by atoms with E-state index in [1.165, 1.54) is 34.8 Å². The van der Waals surface area contributed by atoms with Gasteiger partial charge >= 0.3 is 5.97 Å². The van der Waals surface area contributed by atoms with Crippen LogP contribution in [0.15, 0.2) is 48.5 Å². The lowest BCUT2D eigenvalue weighted by molar-refractivity contribution is -0.137. The number of carbonyl (C=O) groups is 1. The van der Waals surface area contributed by atoms with Gasteiger partial charge in [-0.05, 0) is 59.5 Å². The summed E-state index contributed by atoms with van der Waals surface area (Å²) in [7, 11) is -0.365. The standard InChI is InChI=1S/C21H25O2P/c1-15(13-21(22)23)14-24(2)20-10-6-5-9-19(20)18-8-4-3-7-17(18)16-11-12-16/h3-10,15-16H,11-14H2,1-2H3,(H,22,23). The van der Waals surface area contributed by atoms with Crippen molar-refractivity contribution < 1.29 is 9.90 Å². The van der Waals surface area contributed by atoms with E-state index < -0.39 is 5.97 Å². The molecule has 1 N–H and O–H groups in total. The Labute approximate surface area is 145 Å². The largest absolute Gasteiger partial charge is 0.481 e. The Kier molecular flexibility index (Phi) is 5.36. The highest BCUT2D eigenvalue weighted by atomic mass is 31.1. The fourth-order valence-electron chi connectivity index (χ4n) is 3.46. The van der Waals surface area contributed by atoms with Gasteiger partial charge in [0.15, 0.2) is 0 Å². The van der Waals surface area contributed by atoms with Crippen molar-refractivity contribution >= 4 is 19.2 Å². The summed E-state index contributed by atoms with van der Waals surface area (Å²) in [5.74, 6) is 0.242. The van der Waals surface area contributed by atoms with Gasteiger partial charge in [-0.2, -0.15) is 0 Å². The topological polar surface area (TPSA) is 37.3 Å². The number of hydrogen-bond donors (Lipinski definition) is 1. The third-order valence-electron chi connectivity index (χ3n) is 4.69. The molecular formula is C21H25O2P. The smallest absolute Gasteiger partial charge is 0.303 e. The summed E-state index contributed by atoms with van der Waals surface area (Å²) >= 11 is 0. The van der Waals surface area contributed by atoms with E-state index >= 15 is 0 Å². The fourth-order valence-corrected chi connectivity index (χ4v) is 5.66. The van der Waals surface area contributed by atoms with Gasteiger partial charge < -0.3 is 5.11 Å². The Balaban J connectivity index is 1.90. The maximum absolute atomic E-state index is 10.9. The van der Waals surface area contributed by atoms with Crippen LogP contribution < -0.4 is 5.30 Å². The summed E-state index contributed by atoms with van der Waals surface area (Å²) in [5, 5.41) is 10.4. The SMILES string of the molecule is CC(CC(=O)O)CP(C)c1ccccc1-c1ccccc1C1CC1. The van der Waals surface area contributed by atoms with E-state index in [-0.39, 0.29) is 20.3 Å². The molecule has 2 nitrogen and oxygen atoms in total. The molecule has 0 radical (unpaired) electrons. The second kappa shape index (κ2) is 7.49. The summed E-state index contributed by atoms with van der Waals surface area (Å²) < 4.78 is 0. The van der Waals surface area contributed by atoms with Gasteiger partial charge in [0.05, 0.1) is 0 Å². The Hall–Kier alpha value is -1.66. The van der Waals surface area contributed by atoms with Crippen LogP contribution in [-0.2, 0) is 4.79 Å². The Bertz CT molecular complexity index is 721. The average Bonchev–Trinajstić information content (AvgIpc) is 3.39. The maximum Gasteiger partial charge on any atom is 0.303 e. The second-order valence-corrected chi connectivity index (χ2v) is 9.21. The van der Waals surface area contributed by atoms with Gasteiger partial charge in [-0.25, -0.2) is 0 Å². The zero-order chi connectivity index (χ0) is 17.1. The molecule has 2 aromatic rings.